The van der Waals surface area contributed by atoms with Crippen LogP contribution in [0, 0.1) is 3.57 Å². The van der Waals surface area contributed by atoms with Crippen LogP contribution in [-0.2, 0) is 0 Å². The highest BCUT2D eigenvalue weighted by molar-refractivity contribution is 14.1. The van der Waals surface area contributed by atoms with E-state index in [0.29, 0.717) is 29.8 Å². The number of methoxy groups -OCH3 is 1. The van der Waals surface area contributed by atoms with Gasteiger partial charge in [0.1, 0.15) is 5.82 Å². The van der Waals surface area contributed by atoms with Crippen molar-refractivity contribution in [3.05, 3.63) is 57.4 Å². The number of H-pyrrole nitrogens is 1. The summed E-state index contributed by atoms with van der Waals surface area (Å²) in [6, 6.07) is 13.2. The monoisotopic (exact) mass is 450 g/mol. The van der Waals surface area contributed by atoms with E-state index in [0.717, 1.165) is 14.7 Å². The van der Waals surface area contributed by atoms with Crippen LogP contribution in [0.4, 0.5) is 0 Å². The molecule has 25 heavy (non-hydrogen) atoms. The van der Waals surface area contributed by atoms with Gasteiger partial charge < -0.3 is 15.2 Å². The molecule has 0 aliphatic carbocycles. The van der Waals surface area contributed by atoms with Gasteiger partial charge in [-0.15, -0.1) is 0 Å². The normalized spacial score (nSPS) is 12.0. The molecule has 0 aliphatic rings. The summed E-state index contributed by atoms with van der Waals surface area (Å²) < 4.78 is 12.1. The first-order valence-corrected chi connectivity index (χ1v) is 8.94. The number of nitrogens with one attached hydrogen (secondary N) is 1. The Morgan fingerprint density at radius 3 is 2.60 bits per heavy atom. The SMILES string of the molecule is CCOc1ccc([C@@H](N)c2nc(-c3ccc(I)cc3)n[nH]2)cc1OC. The fraction of sp³-hybridized carbons (Fsp3) is 0.222. The molecule has 0 spiro atoms. The molecule has 3 rings (SSSR count). The fourth-order valence-corrected chi connectivity index (χ4v) is 2.81. The molecule has 2 aromatic carbocycles. The van der Waals surface area contributed by atoms with E-state index in [-0.39, 0.29) is 0 Å². The highest BCUT2D eigenvalue weighted by Crippen LogP contribution is 2.31. The predicted octanol–water partition coefficient (Wildman–Crippen LogP) is 3.53. The summed E-state index contributed by atoms with van der Waals surface area (Å²) in [5.41, 5.74) is 8.16. The van der Waals surface area contributed by atoms with E-state index in [1.807, 2.05) is 49.4 Å². The highest BCUT2D eigenvalue weighted by atomic mass is 127. The summed E-state index contributed by atoms with van der Waals surface area (Å²) in [5.74, 6) is 2.56. The van der Waals surface area contributed by atoms with Crippen molar-refractivity contribution in [3.63, 3.8) is 0 Å². The van der Waals surface area contributed by atoms with Crippen LogP contribution in [0.2, 0.25) is 0 Å². The minimum atomic E-state index is -0.435. The first-order valence-electron chi connectivity index (χ1n) is 7.87. The maximum Gasteiger partial charge on any atom is 0.181 e. The van der Waals surface area contributed by atoms with Gasteiger partial charge in [-0.2, -0.15) is 5.10 Å². The Balaban J connectivity index is 1.86. The zero-order valence-corrected chi connectivity index (χ0v) is 16.1. The maximum absolute atomic E-state index is 6.35. The van der Waals surface area contributed by atoms with Gasteiger partial charge >= 0.3 is 0 Å². The first-order chi connectivity index (χ1) is 12.1. The lowest BCUT2D eigenvalue weighted by Crippen LogP contribution is -2.14. The third-order valence-corrected chi connectivity index (χ3v) is 4.47. The average molecular weight is 450 g/mol. The van der Waals surface area contributed by atoms with Crippen molar-refractivity contribution in [2.24, 2.45) is 5.73 Å². The number of aromatic nitrogens is 3. The maximum atomic E-state index is 6.35. The van der Waals surface area contributed by atoms with Crippen LogP contribution in [-0.4, -0.2) is 28.9 Å². The first kappa shape index (κ1) is 17.7. The van der Waals surface area contributed by atoms with Gasteiger partial charge in [0, 0.05) is 9.13 Å². The van der Waals surface area contributed by atoms with Gasteiger partial charge in [-0.3, -0.25) is 5.10 Å². The molecule has 1 heterocycles. The van der Waals surface area contributed by atoms with E-state index in [1.54, 1.807) is 7.11 Å². The van der Waals surface area contributed by atoms with E-state index in [4.69, 9.17) is 15.2 Å². The molecule has 130 valence electrons. The Hall–Kier alpha value is -2.13. The average Bonchev–Trinajstić information content (AvgIpc) is 3.12. The Labute approximate surface area is 159 Å². The van der Waals surface area contributed by atoms with Gasteiger partial charge in [0.2, 0.25) is 0 Å². The molecule has 1 aromatic heterocycles. The van der Waals surface area contributed by atoms with E-state index in [9.17, 15) is 0 Å². The summed E-state index contributed by atoms with van der Waals surface area (Å²) in [5, 5.41) is 7.21. The number of hydrogen-bond donors (Lipinski definition) is 2. The van der Waals surface area contributed by atoms with E-state index >= 15 is 0 Å². The zero-order chi connectivity index (χ0) is 17.8. The number of rotatable bonds is 6. The molecule has 0 aliphatic heterocycles. The topological polar surface area (TPSA) is 86.0 Å². The van der Waals surface area contributed by atoms with E-state index < -0.39 is 6.04 Å². The molecule has 6 nitrogen and oxygen atoms in total. The minimum Gasteiger partial charge on any atom is -0.493 e. The number of ether oxygens (including phenoxy) is 2. The van der Waals surface area contributed by atoms with Crippen LogP contribution in [0.5, 0.6) is 11.5 Å². The van der Waals surface area contributed by atoms with Gasteiger partial charge in [0.15, 0.2) is 17.3 Å². The molecular formula is C18H19IN4O2. The number of nitrogens with zero attached hydrogens (tertiary/aromatic N) is 2. The van der Waals surface area contributed by atoms with E-state index in [1.165, 1.54) is 0 Å². The summed E-state index contributed by atoms with van der Waals surface area (Å²) >= 11 is 2.26. The minimum absolute atomic E-state index is 0.435. The van der Waals surface area contributed by atoms with Gasteiger partial charge in [0.05, 0.1) is 19.8 Å². The van der Waals surface area contributed by atoms with Crippen LogP contribution < -0.4 is 15.2 Å². The largest absolute Gasteiger partial charge is 0.493 e. The third-order valence-electron chi connectivity index (χ3n) is 3.75. The van der Waals surface area contributed by atoms with Crippen LogP contribution >= 0.6 is 22.6 Å². The van der Waals surface area contributed by atoms with Gasteiger partial charge in [-0.25, -0.2) is 4.98 Å². The van der Waals surface area contributed by atoms with Gasteiger partial charge in [0.25, 0.3) is 0 Å². The molecule has 1 atom stereocenters. The van der Waals surface area contributed by atoms with Crippen LogP contribution in [0.15, 0.2) is 42.5 Å². The molecule has 7 heteroatoms. The number of aromatic amines is 1. The van der Waals surface area contributed by atoms with Crippen LogP contribution in [0.3, 0.4) is 0 Å². The van der Waals surface area contributed by atoms with Crippen LogP contribution in [0.25, 0.3) is 11.4 Å². The lowest BCUT2D eigenvalue weighted by molar-refractivity contribution is 0.310. The lowest BCUT2D eigenvalue weighted by atomic mass is 10.1. The van der Waals surface area contributed by atoms with Crippen molar-refractivity contribution in [1.29, 1.82) is 0 Å². The van der Waals surface area contributed by atoms with E-state index in [2.05, 4.69) is 37.8 Å². The van der Waals surface area contributed by atoms with Crippen molar-refractivity contribution in [2.75, 3.05) is 13.7 Å². The molecule has 0 saturated carbocycles. The summed E-state index contributed by atoms with van der Waals surface area (Å²) in [4.78, 5) is 4.53. The van der Waals surface area contributed by atoms with Crippen molar-refractivity contribution in [1.82, 2.24) is 15.2 Å². The van der Waals surface area contributed by atoms with Crippen molar-refractivity contribution in [3.8, 4) is 22.9 Å². The molecule has 3 aromatic rings. The predicted molar refractivity (Wildman–Crippen MR) is 105 cm³/mol. The lowest BCUT2D eigenvalue weighted by Gasteiger charge is -2.13. The fourth-order valence-electron chi connectivity index (χ4n) is 2.45. The third kappa shape index (κ3) is 3.93. The van der Waals surface area contributed by atoms with Crippen molar-refractivity contribution < 1.29 is 9.47 Å². The molecular weight excluding hydrogens is 431 g/mol. The smallest absolute Gasteiger partial charge is 0.181 e. The molecule has 0 saturated heterocycles. The molecule has 3 N–H and O–H groups in total. The Morgan fingerprint density at radius 2 is 1.92 bits per heavy atom. The second-order valence-corrected chi connectivity index (χ2v) is 6.62. The Kier molecular flexibility index (Phi) is 5.54. The quantitative estimate of drug-likeness (QED) is 0.562. The van der Waals surface area contributed by atoms with Gasteiger partial charge in [-0.1, -0.05) is 18.2 Å². The summed E-state index contributed by atoms with van der Waals surface area (Å²) in [7, 11) is 1.61. The summed E-state index contributed by atoms with van der Waals surface area (Å²) in [6.45, 7) is 2.50. The number of nitrogens with two attached hydrogens (primary N) is 1. The molecule has 0 amide bonds. The second-order valence-electron chi connectivity index (χ2n) is 5.37. The zero-order valence-electron chi connectivity index (χ0n) is 14.0. The Morgan fingerprint density at radius 1 is 1.16 bits per heavy atom. The second kappa shape index (κ2) is 7.83. The standard InChI is InChI=1S/C18H19IN4O2/c1-3-25-14-9-6-12(10-15(14)24-2)16(20)18-21-17(22-23-18)11-4-7-13(19)8-5-11/h4-10,16H,3,20H2,1-2H3,(H,21,22,23)/t16-/m1/s1. The van der Waals surface area contributed by atoms with Crippen LogP contribution in [0.1, 0.15) is 24.4 Å². The molecule has 0 unspecified atom stereocenters. The van der Waals surface area contributed by atoms with Crippen molar-refractivity contribution in [2.45, 2.75) is 13.0 Å². The number of halogens is 1. The van der Waals surface area contributed by atoms with Crippen molar-refractivity contribution >= 4 is 22.6 Å². The Bertz CT molecular complexity index is 849. The highest BCUT2D eigenvalue weighted by Gasteiger charge is 2.17. The molecule has 0 fully saturated rings. The van der Waals surface area contributed by atoms with Gasteiger partial charge in [-0.05, 0) is 59.3 Å². The molecule has 0 bridgehead atoms. The number of hydrogen-bond acceptors (Lipinski definition) is 5. The summed E-state index contributed by atoms with van der Waals surface area (Å²) in [6.07, 6.45) is 0. The number of benzene rings is 2. The molecule has 0 radical (unpaired) electrons.